The number of hydrogen-bond donors (Lipinski definition) is 0. The van der Waals surface area contributed by atoms with Crippen LogP contribution in [0.3, 0.4) is 0 Å². The Kier molecular flexibility index (Phi) is 4.71. The van der Waals surface area contributed by atoms with E-state index in [4.69, 9.17) is 5.26 Å². The lowest BCUT2D eigenvalue weighted by molar-refractivity contribution is 0.263. The topological polar surface area (TPSA) is 86.8 Å². The van der Waals surface area contributed by atoms with Crippen molar-refractivity contribution in [1.29, 1.82) is 5.26 Å². The number of nitrogens with zero attached hydrogens (tertiary/aromatic N) is 8. The molecule has 26 heavy (non-hydrogen) atoms. The molecule has 0 bridgehead atoms. The van der Waals surface area contributed by atoms with E-state index in [1.165, 1.54) is 0 Å². The number of piperazine rings is 1. The van der Waals surface area contributed by atoms with Gasteiger partial charge in [0.25, 0.3) is 0 Å². The molecule has 3 heterocycles. The molecule has 0 aliphatic carbocycles. The second-order valence-corrected chi connectivity index (χ2v) is 6.34. The van der Waals surface area contributed by atoms with E-state index in [-0.39, 0.29) is 0 Å². The SMILES string of the molecule is N#CCCN1CCN(c2ncnc3c2nnn3Cc2ccccc2)CC1. The quantitative estimate of drug-likeness (QED) is 0.687. The van der Waals surface area contributed by atoms with Gasteiger partial charge in [0.1, 0.15) is 6.33 Å². The number of hydrogen-bond acceptors (Lipinski definition) is 7. The summed E-state index contributed by atoms with van der Waals surface area (Å²) in [5.41, 5.74) is 2.66. The van der Waals surface area contributed by atoms with Gasteiger partial charge in [-0.25, -0.2) is 14.6 Å². The summed E-state index contributed by atoms with van der Waals surface area (Å²) in [6, 6.07) is 12.4. The minimum atomic E-state index is 0.575. The normalized spacial score (nSPS) is 15.3. The summed E-state index contributed by atoms with van der Waals surface area (Å²) in [7, 11) is 0. The molecule has 0 atom stereocenters. The maximum atomic E-state index is 8.73. The van der Waals surface area contributed by atoms with Gasteiger partial charge in [-0.2, -0.15) is 5.26 Å². The largest absolute Gasteiger partial charge is 0.352 e. The Morgan fingerprint density at radius 3 is 2.62 bits per heavy atom. The first-order valence-corrected chi connectivity index (χ1v) is 8.77. The van der Waals surface area contributed by atoms with Crippen molar-refractivity contribution in [2.45, 2.75) is 13.0 Å². The van der Waals surface area contributed by atoms with Crippen molar-refractivity contribution >= 4 is 17.0 Å². The van der Waals surface area contributed by atoms with Crippen LogP contribution in [0.1, 0.15) is 12.0 Å². The smallest absolute Gasteiger partial charge is 0.184 e. The minimum Gasteiger partial charge on any atom is -0.352 e. The molecule has 4 rings (SSSR count). The van der Waals surface area contributed by atoms with Crippen molar-refractivity contribution < 1.29 is 0 Å². The summed E-state index contributed by atoms with van der Waals surface area (Å²) in [5, 5.41) is 17.4. The third-order valence-electron chi connectivity index (χ3n) is 4.67. The number of anilines is 1. The van der Waals surface area contributed by atoms with Gasteiger partial charge in [0.15, 0.2) is 17.0 Å². The van der Waals surface area contributed by atoms with Crippen LogP contribution >= 0.6 is 0 Å². The van der Waals surface area contributed by atoms with Crippen LogP contribution in [0.5, 0.6) is 0 Å². The fraction of sp³-hybridized carbons (Fsp3) is 0.389. The summed E-state index contributed by atoms with van der Waals surface area (Å²) in [6.45, 7) is 5.04. The van der Waals surface area contributed by atoms with E-state index in [0.717, 1.165) is 55.3 Å². The first kappa shape index (κ1) is 16.4. The van der Waals surface area contributed by atoms with Gasteiger partial charge >= 0.3 is 0 Å². The number of nitriles is 1. The first-order valence-electron chi connectivity index (χ1n) is 8.77. The van der Waals surface area contributed by atoms with Crippen molar-refractivity contribution in [3.63, 3.8) is 0 Å². The highest BCUT2D eigenvalue weighted by Gasteiger charge is 2.22. The molecule has 3 aromatic rings. The van der Waals surface area contributed by atoms with E-state index in [0.29, 0.717) is 13.0 Å². The standard InChI is InChI=1S/C18H20N8/c19-7-4-8-24-9-11-25(12-10-24)17-16-18(21-14-20-17)26(23-22-16)13-15-5-2-1-3-6-15/h1-3,5-6,14H,4,8-13H2. The van der Waals surface area contributed by atoms with E-state index in [9.17, 15) is 0 Å². The predicted octanol–water partition coefficient (Wildman–Crippen LogP) is 1.31. The Labute approximate surface area is 151 Å². The minimum absolute atomic E-state index is 0.575. The maximum Gasteiger partial charge on any atom is 0.184 e. The van der Waals surface area contributed by atoms with Crippen molar-refractivity contribution in [2.75, 3.05) is 37.6 Å². The van der Waals surface area contributed by atoms with E-state index in [1.54, 1.807) is 6.33 Å². The maximum absolute atomic E-state index is 8.73. The van der Waals surface area contributed by atoms with Crippen LogP contribution in [0, 0.1) is 11.3 Å². The van der Waals surface area contributed by atoms with Crippen LogP contribution in [0.4, 0.5) is 5.82 Å². The van der Waals surface area contributed by atoms with Crippen LogP contribution < -0.4 is 4.90 Å². The molecule has 0 saturated carbocycles. The molecule has 2 aromatic heterocycles. The van der Waals surface area contributed by atoms with Crippen LogP contribution in [-0.4, -0.2) is 62.6 Å². The second-order valence-electron chi connectivity index (χ2n) is 6.34. The number of fused-ring (bicyclic) bond motifs is 1. The van der Waals surface area contributed by atoms with E-state index >= 15 is 0 Å². The van der Waals surface area contributed by atoms with Gasteiger partial charge in [0.05, 0.1) is 12.6 Å². The van der Waals surface area contributed by atoms with Gasteiger partial charge < -0.3 is 4.90 Å². The highest BCUT2D eigenvalue weighted by molar-refractivity contribution is 5.82. The van der Waals surface area contributed by atoms with E-state index < -0.39 is 0 Å². The number of benzene rings is 1. The summed E-state index contributed by atoms with van der Waals surface area (Å²) in [6.07, 6.45) is 2.16. The molecule has 1 saturated heterocycles. The zero-order chi connectivity index (χ0) is 17.8. The Balaban J connectivity index is 1.53. The molecular weight excluding hydrogens is 328 g/mol. The van der Waals surface area contributed by atoms with Gasteiger partial charge in [-0.1, -0.05) is 35.5 Å². The number of rotatable bonds is 5. The lowest BCUT2D eigenvalue weighted by Crippen LogP contribution is -2.47. The zero-order valence-electron chi connectivity index (χ0n) is 14.5. The molecule has 0 radical (unpaired) electrons. The highest BCUT2D eigenvalue weighted by Crippen LogP contribution is 2.22. The fourth-order valence-electron chi connectivity index (χ4n) is 3.27. The molecule has 132 valence electrons. The Bertz CT molecular complexity index is 906. The van der Waals surface area contributed by atoms with Crippen LogP contribution in [-0.2, 0) is 6.54 Å². The molecule has 1 aliphatic rings. The van der Waals surface area contributed by atoms with Crippen molar-refractivity contribution in [2.24, 2.45) is 0 Å². The molecule has 0 N–H and O–H groups in total. The summed E-state index contributed by atoms with van der Waals surface area (Å²) < 4.78 is 1.82. The van der Waals surface area contributed by atoms with Crippen LogP contribution in [0.25, 0.3) is 11.2 Å². The lowest BCUT2D eigenvalue weighted by atomic mass is 10.2. The van der Waals surface area contributed by atoms with Gasteiger partial charge in [0, 0.05) is 39.1 Å². The van der Waals surface area contributed by atoms with Crippen molar-refractivity contribution in [3.05, 3.63) is 42.2 Å². The Morgan fingerprint density at radius 1 is 1.04 bits per heavy atom. The summed E-state index contributed by atoms with van der Waals surface area (Å²) in [4.78, 5) is 13.4. The molecule has 1 aliphatic heterocycles. The predicted molar refractivity (Wildman–Crippen MR) is 97.5 cm³/mol. The lowest BCUT2D eigenvalue weighted by Gasteiger charge is -2.34. The third-order valence-corrected chi connectivity index (χ3v) is 4.67. The summed E-state index contributed by atoms with van der Waals surface area (Å²) in [5.74, 6) is 0.842. The van der Waals surface area contributed by atoms with Gasteiger partial charge in [-0.05, 0) is 5.56 Å². The molecule has 1 aromatic carbocycles. The Morgan fingerprint density at radius 2 is 1.85 bits per heavy atom. The Hall–Kier alpha value is -3.05. The highest BCUT2D eigenvalue weighted by atomic mass is 15.4. The van der Waals surface area contributed by atoms with Gasteiger partial charge in [-0.15, -0.1) is 5.10 Å². The zero-order valence-corrected chi connectivity index (χ0v) is 14.5. The average Bonchev–Trinajstić information content (AvgIpc) is 3.11. The second kappa shape index (κ2) is 7.45. The van der Waals surface area contributed by atoms with Crippen LogP contribution in [0.15, 0.2) is 36.7 Å². The first-order chi connectivity index (χ1) is 12.8. The van der Waals surface area contributed by atoms with Gasteiger partial charge in [0.2, 0.25) is 0 Å². The van der Waals surface area contributed by atoms with Crippen molar-refractivity contribution in [3.8, 4) is 6.07 Å². The van der Waals surface area contributed by atoms with E-state index in [1.807, 2.05) is 22.9 Å². The van der Waals surface area contributed by atoms with Gasteiger partial charge in [-0.3, -0.25) is 4.90 Å². The monoisotopic (exact) mass is 348 g/mol. The van der Waals surface area contributed by atoms with Crippen LogP contribution in [0.2, 0.25) is 0 Å². The van der Waals surface area contributed by atoms with E-state index in [2.05, 4.69) is 48.3 Å². The summed E-state index contributed by atoms with van der Waals surface area (Å²) >= 11 is 0. The molecule has 0 spiro atoms. The molecule has 0 amide bonds. The number of aromatic nitrogens is 5. The van der Waals surface area contributed by atoms with Crippen molar-refractivity contribution in [1.82, 2.24) is 29.9 Å². The molecule has 1 fully saturated rings. The molecule has 8 nitrogen and oxygen atoms in total. The average molecular weight is 348 g/mol. The fourth-order valence-corrected chi connectivity index (χ4v) is 3.27. The third kappa shape index (κ3) is 3.34. The molecule has 0 unspecified atom stereocenters. The molecule has 8 heteroatoms. The molecular formula is C18H20N8.